The van der Waals surface area contributed by atoms with Crippen molar-refractivity contribution in [1.82, 2.24) is 4.90 Å². The second-order valence-corrected chi connectivity index (χ2v) is 4.76. The number of benzene rings is 1. The number of aliphatic carboxylic acids is 1. The lowest BCUT2D eigenvalue weighted by Gasteiger charge is -2.22. The first kappa shape index (κ1) is 15.1. The third-order valence-corrected chi connectivity index (χ3v) is 3.25. The molecular formula is C14H18N2O5. The van der Waals surface area contributed by atoms with Gasteiger partial charge in [-0.2, -0.15) is 0 Å². The first-order chi connectivity index (χ1) is 10.0. The van der Waals surface area contributed by atoms with Crippen LogP contribution in [0.15, 0.2) is 24.3 Å². The molecule has 1 heterocycles. The smallest absolute Gasteiger partial charge is 0.326 e. The van der Waals surface area contributed by atoms with Crippen molar-refractivity contribution in [3.63, 3.8) is 0 Å². The Labute approximate surface area is 122 Å². The van der Waals surface area contributed by atoms with Gasteiger partial charge in [-0.15, -0.1) is 0 Å². The zero-order valence-electron chi connectivity index (χ0n) is 11.7. The van der Waals surface area contributed by atoms with Gasteiger partial charge < -0.3 is 25.2 Å². The summed E-state index contributed by atoms with van der Waals surface area (Å²) in [6, 6.07) is 5.33. The Kier molecular flexibility index (Phi) is 4.64. The summed E-state index contributed by atoms with van der Waals surface area (Å²) in [5, 5.41) is 21.3. The van der Waals surface area contributed by atoms with Gasteiger partial charge in [-0.25, -0.2) is 9.59 Å². The van der Waals surface area contributed by atoms with Gasteiger partial charge in [0, 0.05) is 13.0 Å². The van der Waals surface area contributed by atoms with E-state index in [-0.39, 0.29) is 13.0 Å². The van der Waals surface area contributed by atoms with E-state index < -0.39 is 24.1 Å². The van der Waals surface area contributed by atoms with Crippen LogP contribution in [0.1, 0.15) is 13.3 Å². The molecule has 0 saturated carbocycles. The number of nitrogens with zero attached hydrogens (tertiary/aromatic N) is 1. The van der Waals surface area contributed by atoms with Crippen LogP contribution in [0.25, 0.3) is 0 Å². The number of anilines is 1. The van der Waals surface area contributed by atoms with E-state index in [2.05, 4.69) is 5.32 Å². The van der Waals surface area contributed by atoms with Crippen molar-refractivity contribution >= 4 is 17.7 Å². The fourth-order valence-corrected chi connectivity index (χ4v) is 2.31. The number of amides is 2. The molecule has 0 unspecified atom stereocenters. The molecule has 3 N–H and O–H groups in total. The zero-order chi connectivity index (χ0) is 15.4. The highest BCUT2D eigenvalue weighted by molar-refractivity contribution is 5.94. The first-order valence-electron chi connectivity index (χ1n) is 6.73. The molecule has 0 aliphatic carbocycles. The molecule has 1 fully saturated rings. The number of aliphatic hydroxyl groups excluding tert-OH is 1. The third kappa shape index (κ3) is 3.43. The Bertz CT molecular complexity index is 534. The van der Waals surface area contributed by atoms with Crippen LogP contribution < -0.4 is 10.1 Å². The Hall–Kier alpha value is -2.28. The van der Waals surface area contributed by atoms with Gasteiger partial charge in [0.15, 0.2) is 0 Å². The van der Waals surface area contributed by atoms with E-state index in [9.17, 15) is 14.7 Å². The van der Waals surface area contributed by atoms with Crippen LogP contribution in [0.2, 0.25) is 0 Å². The number of aliphatic hydroxyl groups is 1. The zero-order valence-corrected chi connectivity index (χ0v) is 11.7. The van der Waals surface area contributed by atoms with E-state index in [0.29, 0.717) is 18.0 Å². The monoisotopic (exact) mass is 294 g/mol. The summed E-state index contributed by atoms with van der Waals surface area (Å²) in [4.78, 5) is 24.5. The van der Waals surface area contributed by atoms with E-state index in [1.807, 2.05) is 6.92 Å². The Morgan fingerprint density at radius 3 is 2.81 bits per heavy atom. The number of carboxylic acid groups (broad SMARTS) is 1. The van der Waals surface area contributed by atoms with Crippen LogP contribution in [0.3, 0.4) is 0 Å². The molecule has 1 aromatic carbocycles. The predicted octanol–water partition coefficient (Wildman–Crippen LogP) is 1.14. The molecule has 114 valence electrons. The summed E-state index contributed by atoms with van der Waals surface area (Å²) in [6.07, 6.45) is -0.783. The summed E-state index contributed by atoms with van der Waals surface area (Å²) in [7, 11) is 0. The fraction of sp³-hybridized carbons (Fsp3) is 0.429. The van der Waals surface area contributed by atoms with Gasteiger partial charge in [-0.05, 0) is 19.1 Å². The molecule has 0 aromatic heterocycles. The lowest BCUT2D eigenvalue weighted by Crippen LogP contribution is -2.43. The number of hydrogen-bond donors (Lipinski definition) is 3. The lowest BCUT2D eigenvalue weighted by atomic mass is 10.2. The first-order valence-corrected chi connectivity index (χ1v) is 6.73. The second-order valence-electron chi connectivity index (χ2n) is 4.76. The minimum atomic E-state index is -1.13. The van der Waals surface area contributed by atoms with Crippen molar-refractivity contribution in [3.05, 3.63) is 24.3 Å². The molecule has 2 amide bonds. The molecule has 0 bridgehead atoms. The molecule has 0 radical (unpaired) electrons. The molecule has 7 nitrogen and oxygen atoms in total. The number of β-amino-alcohol motifs (C(OH)–C–C–N with tert-alkyl or cyclic N) is 1. The van der Waals surface area contributed by atoms with Crippen molar-refractivity contribution in [1.29, 1.82) is 0 Å². The summed E-state index contributed by atoms with van der Waals surface area (Å²) in [5.41, 5.74) is 0.467. The molecule has 21 heavy (non-hydrogen) atoms. The Morgan fingerprint density at radius 1 is 1.43 bits per heavy atom. The van der Waals surface area contributed by atoms with Crippen molar-refractivity contribution in [2.24, 2.45) is 0 Å². The molecule has 2 atom stereocenters. The standard InChI is InChI=1S/C14H18N2O5/c1-2-21-12-6-4-3-5-10(12)15-14(20)16-8-9(17)7-11(16)13(18)19/h3-6,9,11,17H,2,7-8H2,1H3,(H,15,20)(H,18,19)/t9-,11+/m1/s1. The molecule has 1 aliphatic heterocycles. The molecule has 7 heteroatoms. The number of para-hydroxylation sites is 2. The normalized spacial score (nSPS) is 21.1. The van der Waals surface area contributed by atoms with Crippen molar-refractivity contribution in [2.45, 2.75) is 25.5 Å². The number of rotatable bonds is 4. The summed E-state index contributed by atoms with van der Waals surface area (Å²) in [6.45, 7) is 2.28. The number of ether oxygens (including phenoxy) is 1. The van der Waals surface area contributed by atoms with Crippen molar-refractivity contribution < 1.29 is 24.5 Å². The van der Waals surface area contributed by atoms with Gasteiger partial charge >= 0.3 is 12.0 Å². The Morgan fingerprint density at radius 2 is 2.14 bits per heavy atom. The van der Waals surface area contributed by atoms with Gasteiger partial charge in [0.2, 0.25) is 0 Å². The number of carbonyl (C=O) groups is 2. The number of carboxylic acids is 1. The van der Waals surface area contributed by atoms with Crippen LogP contribution >= 0.6 is 0 Å². The number of nitrogens with one attached hydrogen (secondary N) is 1. The highest BCUT2D eigenvalue weighted by Gasteiger charge is 2.39. The van der Waals surface area contributed by atoms with Crippen LogP contribution in [-0.2, 0) is 4.79 Å². The maximum atomic E-state index is 12.2. The lowest BCUT2D eigenvalue weighted by molar-refractivity contribution is -0.141. The summed E-state index contributed by atoms with van der Waals surface area (Å²) < 4.78 is 5.40. The van der Waals surface area contributed by atoms with Crippen molar-refractivity contribution in [2.75, 3.05) is 18.5 Å². The quantitative estimate of drug-likeness (QED) is 0.773. The topological polar surface area (TPSA) is 99.1 Å². The van der Waals surface area contributed by atoms with Gasteiger partial charge in [0.05, 0.1) is 18.4 Å². The average molecular weight is 294 g/mol. The maximum absolute atomic E-state index is 12.2. The Balaban J connectivity index is 2.12. The van der Waals surface area contributed by atoms with Gasteiger partial charge in [-0.1, -0.05) is 12.1 Å². The minimum absolute atomic E-state index is 0.000395. The SMILES string of the molecule is CCOc1ccccc1NC(=O)N1C[C@H](O)C[C@H]1C(=O)O. The van der Waals surface area contributed by atoms with Crippen LogP contribution in [0.5, 0.6) is 5.75 Å². The summed E-state index contributed by atoms with van der Waals surface area (Å²) in [5.74, 6) is -0.611. The highest BCUT2D eigenvalue weighted by Crippen LogP contribution is 2.25. The van der Waals surface area contributed by atoms with E-state index in [4.69, 9.17) is 9.84 Å². The third-order valence-electron chi connectivity index (χ3n) is 3.25. The van der Waals surface area contributed by atoms with E-state index in [1.54, 1.807) is 24.3 Å². The van der Waals surface area contributed by atoms with Crippen LogP contribution in [-0.4, -0.2) is 52.4 Å². The van der Waals surface area contributed by atoms with Crippen LogP contribution in [0, 0.1) is 0 Å². The van der Waals surface area contributed by atoms with Gasteiger partial charge in [0.25, 0.3) is 0 Å². The minimum Gasteiger partial charge on any atom is -0.492 e. The van der Waals surface area contributed by atoms with Crippen LogP contribution in [0.4, 0.5) is 10.5 Å². The van der Waals surface area contributed by atoms with E-state index >= 15 is 0 Å². The summed E-state index contributed by atoms with van der Waals surface area (Å²) >= 11 is 0. The maximum Gasteiger partial charge on any atom is 0.326 e. The average Bonchev–Trinajstić information content (AvgIpc) is 2.84. The second kappa shape index (κ2) is 6.45. The van der Waals surface area contributed by atoms with E-state index in [1.165, 1.54) is 0 Å². The highest BCUT2D eigenvalue weighted by atomic mass is 16.5. The van der Waals surface area contributed by atoms with Crippen molar-refractivity contribution in [3.8, 4) is 5.75 Å². The number of urea groups is 1. The molecule has 1 aliphatic rings. The van der Waals surface area contributed by atoms with Gasteiger partial charge in [0.1, 0.15) is 11.8 Å². The number of carbonyl (C=O) groups excluding carboxylic acids is 1. The molecular weight excluding hydrogens is 276 g/mol. The fourth-order valence-electron chi connectivity index (χ4n) is 2.31. The van der Waals surface area contributed by atoms with Gasteiger partial charge in [-0.3, -0.25) is 0 Å². The molecule has 2 rings (SSSR count). The molecule has 0 spiro atoms. The van der Waals surface area contributed by atoms with E-state index in [0.717, 1.165) is 4.90 Å². The number of hydrogen-bond acceptors (Lipinski definition) is 4. The molecule has 1 saturated heterocycles. The molecule has 1 aromatic rings. The number of likely N-dealkylation sites (tertiary alicyclic amines) is 1. The largest absolute Gasteiger partial charge is 0.492 e. The predicted molar refractivity (Wildman–Crippen MR) is 75.4 cm³/mol.